The number of hydrogen-bond acceptors (Lipinski definition) is 6. The summed E-state index contributed by atoms with van der Waals surface area (Å²) in [7, 11) is 0. The number of benzene rings is 2. The molecule has 1 saturated heterocycles. The highest BCUT2D eigenvalue weighted by molar-refractivity contribution is 7.22. The summed E-state index contributed by atoms with van der Waals surface area (Å²) in [6.07, 6.45) is 3.80. The van der Waals surface area contributed by atoms with Crippen molar-refractivity contribution >= 4 is 32.4 Å². The molecule has 4 rings (SSSR count). The number of likely N-dealkylation sites (tertiary alicyclic amines) is 1. The van der Waals surface area contributed by atoms with E-state index in [1.54, 1.807) is 17.4 Å². The molecule has 2 aromatic carbocycles. The van der Waals surface area contributed by atoms with Gasteiger partial charge in [-0.15, -0.1) is 0 Å². The summed E-state index contributed by atoms with van der Waals surface area (Å²) in [6.45, 7) is 4.97. The summed E-state index contributed by atoms with van der Waals surface area (Å²) in [4.78, 5) is 6.95. The minimum atomic E-state index is 0.358. The zero-order chi connectivity index (χ0) is 18.6. The number of hydrazone groups is 1. The summed E-state index contributed by atoms with van der Waals surface area (Å²) < 4.78 is 1.14. The van der Waals surface area contributed by atoms with Crippen LogP contribution in [0.25, 0.3) is 10.2 Å². The van der Waals surface area contributed by atoms with Gasteiger partial charge in [-0.05, 0) is 68.8 Å². The molecule has 0 saturated carbocycles. The minimum Gasteiger partial charge on any atom is -0.508 e. The molecular formula is C21H24N4OS. The normalized spacial score (nSPS) is 16.0. The molecule has 6 heteroatoms. The Morgan fingerprint density at radius 2 is 2.00 bits per heavy atom. The Morgan fingerprint density at radius 3 is 2.81 bits per heavy atom. The maximum Gasteiger partial charge on any atom is 0.204 e. The standard InChI is InChI=1S/C21H24N4OS/c1-15(23-24-21-22-18-7-3-4-8-20(18)27-21)16-9-10-19(26)17(13-16)14-25-11-5-2-6-12-25/h3-4,7-10,13,26H,2,5-6,11-12,14H2,1H3,(H,22,24)/b23-15+. The number of piperidine rings is 1. The van der Waals surface area contributed by atoms with Crippen LogP contribution in [0.15, 0.2) is 47.6 Å². The van der Waals surface area contributed by atoms with Gasteiger partial charge < -0.3 is 5.11 Å². The van der Waals surface area contributed by atoms with Gasteiger partial charge in [0.15, 0.2) is 0 Å². The van der Waals surface area contributed by atoms with Gasteiger partial charge in [0, 0.05) is 12.1 Å². The van der Waals surface area contributed by atoms with E-state index < -0.39 is 0 Å². The lowest BCUT2D eigenvalue weighted by atomic mass is 10.0. The van der Waals surface area contributed by atoms with E-state index >= 15 is 0 Å². The summed E-state index contributed by atoms with van der Waals surface area (Å²) in [5.41, 5.74) is 6.89. The number of para-hydroxylation sites is 1. The van der Waals surface area contributed by atoms with Crippen molar-refractivity contribution in [3.8, 4) is 5.75 Å². The van der Waals surface area contributed by atoms with Crippen molar-refractivity contribution in [2.45, 2.75) is 32.7 Å². The number of hydrogen-bond donors (Lipinski definition) is 2. The smallest absolute Gasteiger partial charge is 0.204 e. The summed E-state index contributed by atoms with van der Waals surface area (Å²) in [6, 6.07) is 13.8. The quantitative estimate of drug-likeness (QED) is 0.492. The van der Waals surface area contributed by atoms with E-state index in [1.165, 1.54) is 19.3 Å². The molecule has 0 aliphatic carbocycles. The molecule has 0 atom stereocenters. The molecular weight excluding hydrogens is 356 g/mol. The molecule has 1 aromatic heterocycles. The van der Waals surface area contributed by atoms with Crippen LogP contribution in [0, 0.1) is 0 Å². The van der Waals surface area contributed by atoms with E-state index in [-0.39, 0.29) is 0 Å². The van der Waals surface area contributed by atoms with Gasteiger partial charge in [-0.2, -0.15) is 5.10 Å². The van der Waals surface area contributed by atoms with Gasteiger partial charge in [0.1, 0.15) is 5.75 Å². The fourth-order valence-corrected chi connectivity index (χ4v) is 4.22. The van der Waals surface area contributed by atoms with E-state index in [0.717, 1.165) is 51.8 Å². The Labute approximate surface area is 163 Å². The van der Waals surface area contributed by atoms with Crippen LogP contribution in [-0.2, 0) is 6.54 Å². The van der Waals surface area contributed by atoms with Crippen LogP contribution in [-0.4, -0.2) is 33.8 Å². The van der Waals surface area contributed by atoms with Crippen molar-refractivity contribution in [2.24, 2.45) is 5.10 Å². The van der Waals surface area contributed by atoms with Crippen LogP contribution >= 0.6 is 11.3 Å². The summed E-state index contributed by atoms with van der Waals surface area (Å²) in [5, 5.41) is 15.5. The highest BCUT2D eigenvalue weighted by Crippen LogP contribution is 2.26. The van der Waals surface area contributed by atoms with E-state index in [4.69, 9.17) is 0 Å². The number of aromatic nitrogens is 1. The Bertz CT molecular complexity index is 927. The van der Waals surface area contributed by atoms with E-state index in [9.17, 15) is 5.11 Å². The van der Waals surface area contributed by atoms with E-state index in [2.05, 4.69) is 26.5 Å². The van der Waals surface area contributed by atoms with Gasteiger partial charge in [0.05, 0.1) is 15.9 Å². The van der Waals surface area contributed by atoms with Crippen LogP contribution < -0.4 is 5.43 Å². The fraction of sp³-hybridized carbons (Fsp3) is 0.333. The zero-order valence-corrected chi connectivity index (χ0v) is 16.3. The Morgan fingerprint density at radius 1 is 1.19 bits per heavy atom. The van der Waals surface area contributed by atoms with Crippen LogP contribution in [0.2, 0.25) is 0 Å². The average molecular weight is 381 g/mol. The van der Waals surface area contributed by atoms with Crippen molar-refractivity contribution in [1.82, 2.24) is 9.88 Å². The van der Waals surface area contributed by atoms with Crippen molar-refractivity contribution in [1.29, 1.82) is 0 Å². The molecule has 3 aromatic rings. The Hall–Kier alpha value is -2.44. The van der Waals surface area contributed by atoms with Crippen molar-refractivity contribution in [2.75, 3.05) is 18.5 Å². The van der Waals surface area contributed by atoms with E-state index in [1.807, 2.05) is 37.3 Å². The molecule has 2 N–H and O–H groups in total. The first-order valence-corrected chi connectivity index (χ1v) is 10.2. The summed E-state index contributed by atoms with van der Waals surface area (Å²) >= 11 is 1.59. The largest absolute Gasteiger partial charge is 0.508 e. The number of rotatable bonds is 5. The lowest BCUT2D eigenvalue weighted by Gasteiger charge is -2.26. The second-order valence-electron chi connectivity index (χ2n) is 6.98. The number of phenolic OH excluding ortho intramolecular Hbond substituents is 1. The third-order valence-electron chi connectivity index (χ3n) is 4.95. The van der Waals surface area contributed by atoms with Gasteiger partial charge in [-0.1, -0.05) is 29.9 Å². The minimum absolute atomic E-state index is 0.358. The number of anilines is 1. The van der Waals surface area contributed by atoms with E-state index in [0.29, 0.717) is 5.75 Å². The Balaban J connectivity index is 1.49. The highest BCUT2D eigenvalue weighted by Gasteiger charge is 2.13. The molecule has 1 aliphatic heterocycles. The first-order chi connectivity index (χ1) is 13.2. The highest BCUT2D eigenvalue weighted by atomic mass is 32.1. The second-order valence-corrected chi connectivity index (χ2v) is 8.01. The van der Waals surface area contributed by atoms with Crippen molar-refractivity contribution in [3.05, 3.63) is 53.6 Å². The average Bonchev–Trinajstić information content (AvgIpc) is 3.11. The van der Waals surface area contributed by atoms with Crippen LogP contribution in [0.5, 0.6) is 5.75 Å². The lowest BCUT2D eigenvalue weighted by molar-refractivity contribution is 0.218. The van der Waals surface area contributed by atoms with Crippen LogP contribution in [0.3, 0.4) is 0 Å². The maximum absolute atomic E-state index is 10.2. The first kappa shape index (κ1) is 17.9. The monoisotopic (exact) mass is 380 g/mol. The fourth-order valence-electron chi connectivity index (χ4n) is 3.41. The number of aromatic hydroxyl groups is 1. The van der Waals surface area contributed by atoms with Gasteiger partial charge in [-0.25, -0.2) is 4.98 Å². The molecule has 5 nitrogen and oxygen atoms in total. The molecule has 0 amide bonds. The topological polar surface area (TPSA) is 60.8 Å². The van der Waals surface area contributed by atoms with Crippen molar-refractivity contribution < 1.29 is 5.11 Å². The third kappa shape index (κ3) is 4.28. The van der Waals surface area contributed by atoms with Gasteiger partial charge in [0.25, 0.3) is 0 Å². The van der Waals surface area contributed by atoms with Crippen LogP contribution in [0.1, 0.15) is 37.3 Å². The predicted octanol–water partition coefficient (Wildman–Crippen LogP) is 4.82. The number of phenols is 1. The Kier molecular flexibility index (Phi) is 5.36. The van der Waals surface area contributed by atoms with Crippen molar-refractivity contribution in [3.63, 3.8) is 0 Å². The number of nitrogens with one attached hydrogen (secondary N) is 1. The van der Waals surface area contributed by atoms with Crippen LogP contribution in [0.4, 0.5) is 5.13 Å². The maximum atomic E-state index is 10.2. The second kappa shape index (κ2) is 8.06. The molecule has 1 fully saturated rings. The molecule has 0 radical (unpaired) electrons. The lowest BCUT2D eigenvalue weighted by Crippen LogP contribution is -2.29. The summed E-state index contributed by atoms with van der Waals surface area (Å²) in [5.74, 6) is 0.358. The molecule has 2 heterocycles. The predicted molar refractivity (Wildman–Crippen MR) is 113 cm³/mol. The molecule has 0 spiro atoms. The van der Waals surface area contributed by atoms with Gasteiger partial charge >= 0.3 is 0 Å². The number of nitrogens with zero attached hydrogens (tertiary/aromatic N) is 3. The number of fused-ring (bicyclic) bond motifs is 1. The molecule has 0 bridgehead atoms. The van der Waals surface area contributed by atoms with Gasteiger partial charge in [-0.3, -0.25) is 10.3 Å². The molecule has 27 heavy (non-hydrogen) atoms. The first-order valence-electron chi connectivity index (χ1n) is 9.39. The van der Waals surface area contributed by atoms with Gasteiger partial charge in [0.2, 0.25) is 5.13 Å². The number of thiazole rings is 1. The SMILES string of the molecule is C/C(=N\Nc1nc2ccccc2s1)c1ccc(O)c(CN2CCCCC2)c1. The zero-order valence-electron chi connectivity index (χ0n) is 15.5. The molecule has 0 unspecified atom stereocenters. The molecule has 1 aliphatic rings. The third-order valence-corrected chi connectivity index (χ3v) is 5.89. The molecule has 140 valence electrons.